The van der Waals surface area contributed by atoms with E-state index < -0.39 is 0 Å². The number of nitriles is 1. The first-order chi connectivity index (χ1) is 7.36. The van der Waals surface area contributed by atoms with Crippen molar-refractivity contribution in [3.8, 4) is 6.07 Å². The molecule has 78 valence electrons. The molecule has 0 saturated carbocycles. The van der Waals surface area contributed by atoms with E-state index in [1.54, 1.807) is 6.20 Å². The van der Waals surface area contributed by atoms with Gasteiger partial charge in [-0.1, -0.05) is 0 Å². The lowest BCUT2D eigenvalue weighted by molar-refractivity contribution is 0.949. The number of thioether (sulfide) groups is 1. The van der Waals surface area contributed by atoms with Gasteiger partial charge in [-0.05, 0) is 25.2 Å². The van der Waals surface area contributed by atoms with Crippen LogP contribution in [-0.2, 0) is 0 Å². The maximum atomic E-state index is 9.16. The number of hydrogen-bond acceptors (Lipinski definition) is 4. The second-order valence-corrected chi connectivity index (χ2v) is 4.32. The Balaban J connectivity index is 2.42. The Morgan fingerprint density at radius 1 is 1.47 bits per heavy atom. The second kappa shape index (κ2) is 4.54. The quantitative estimate of drug-likeness (QED) is 0.715. The van der Waals surface area contributed by atoms with Crippen molar-refractivity contribution in [3.63, 3.8) is 0 Å². The molecule has 15 heavy (non-hydrogen) atoms. The van der Waals surface area contributed by atoms with Crippen LogP contribution in [0.3, 0.4) is 0 Å². The number of anilines is 1. The number of pyridine rings is 1. The van der Waals surface area contributed by atoms with Crippen LogP contribution in [0.5, 0.6) is 0 Å². The van der Waals surface area contributed by atoms with Crippen molar-refractivity contribution in [1.29, 1.82) is 5.26 Å². The molecule has 0 aromatic carbocycles. The fourth-order valence-corrected chi connectivity index (χ4v) is 2.44. The zero-order chi connectivity index (χ0) is 10.7. The first kappa shape index (κ1) is 10.3. The zero-order valence-corrected chi connectivity index (χ0v) is 9.55. The number of nitrogens with zero attached hydrogens (tertiary/aromatic N) is 3. The molecular weight excluding hydrogens is 206 g/mol. The number of rotatable bonds is 2. The minimum absolute atomic E-state index is 0.729. The highest BCUT2D eigenvalue weighted by molar-refractivity contribution is 7.98. The zero-order valence-electron chi connectivity index (χ0n) is 8.73. The van der Waals surface area contributed by atoms with Gasteiger partial charge in [0.15, 0.2) is 0 Å². The lowest BCUT2D eigenvalue weighted by atomic mass is 10.2. The summed E-state index contributed by atoms with van der Waals surface area (Å²) in [5, 5.41) is 10.00. The van der Waals surface area contributed by atoms with Crippen LogP contribution < -0.4 is 4.90 Å². The summed E-state index contributed by atoms with van der Waals surface area (Å²) in [5.41, 5.74) is 1.78. The lowest BCUT2D eigenvalue weighted by Gasteiger charge is -2.19. The summed E-state index contributed by atoms with van der Waals surface area (Å²) in [4.78, 5) is 6.49. The molecule has 0 bridgehead atoms. The molecule has 1 saturated heterocycles. The molecule has 1 aliphatic heterocycles. The van der Waals surface area contributed by atoms with E-state index in [2.05, 4.69) is 16.0 Å². The summed E-state index contributed by atoms with van der Waals surface area (Å²) in [6.07, 6.45) is 6.20. The van der Waals surface area contributed by atoms with Gasteiger partial charge in [0.25, 0.3) is 0 Å². The van der Waals surface area contributed by atoms with Gasteiger partial charge in [0.1, 0.15) is 16.7 Å². The van der Waals surface area contributed by atoms with E-state index in [0.717, 1.165) is 29.4 Å². The van der Waals surface area contributed by atoms with E-state index in [4.69, 9.17) is 5.26 Å². The van der Waals surface area contributed by atoms with E-state index in [1.165, 1.54) is 24.6 Å². The van der Waals surface area contributed by atoms with Crippen molar-refractivity contribution in [2.75, 3.05) is 24.2 Å². The van der Waals surface area contributed by atoms with Crippen molar-refractivity contribution >= 4 is 17.4 Å². The monoisotopic (exact) mass is 219 g/mol. The largest absolute Gasteiger partial charge is 0.370 e. The molecule has 0 N–H and O–H groups in total. The van der Waals surface area contributed by atoms with Gasteiger partial charge in [-0.15, -0.1) is 11.8 Å². The molecule has 0 atom stereocenters. The fourth-order valence-electron chi connectivity index (χ4n) is 1.91. The van der Waals surface area contributed by atoms with E-state index >= 15 is 0 Å². The molecule has 2 rings (SSSR count). The summed E-state index contributed by atoms with van der Waals surface area (Å²) in [6, 6.07) is 4.22. The van der Waals surface area contributed by atoms with Crippen LogP contribution in [0, 0.1) is 11.3 Å². The molecule has 1 fully saturated rings. The van der Waals surface area contributed by atoms with Gasteiger partial charge in [0.05, 0.1) is 5.69 Å². The highest BCUT2D eigenvalue weighted by Gasteiger charge is 2.17. The van der Waals surface area contributed by atoms with Crippen molar-refractivity contribution in [1.82, 2.24) is 4.98 Å². The van der Waals surface area contributed by atoms with Gasteiger partial charge in [-0.2, -0.15) is 5.26 Å². The highest BCUT2D eigenvalue weighted by atomic mass is 32.2. The summed E-state index contributed by atoms with van der Waals surface area (Å²) >= 11 is 1.53. The lowest BCUT2D eigenvalue weighted by Crippen LogP contribution is -2.19. The van der Waals surface area contributed by atoms with Crippen LogP contribution in [0.25, 0.3) is 0 Å². The van der Waals surface area contributed by atoms with Crippen molar-refractivity contribution in [2.45, 2.75) is 17.9 Å². The third kappa shape index (κ3) is 1.93. The van der Waals surface area contributed by atoms with Gasteiger partial charge < -0.3 is 4.90 Å². The minimum Gasteiger partial charge on any atom is -0.370 e. The van der Waals surface area contributed by atoms with Gasteiger partial charge in [0.2, 0.25) is 0 Å². The molecule has 0 unspecified atom stereocenters. The Hall–Kier alpha value is -1.21. The fraction of sp³-hybridized carbons (Fsp3) is 0.455. The third-order valence-electron chi connectivity index (χ3n) is 2.65. The standard InChI is InChI=1S/C11H13N3S/c1-15-11-9(8-12)10(4-5-13-11)14-6-2-3-7-14/h4-5H,2-3,6-7H2,1H3. The van der Waals surface area contributed by atoms with Crippen LogP contribution in [0.4, 0.5) is 5.69 Å². The Kier molecular flexibility index (Phi) is 3.12. The number of aromatic nitrogens is 1. The summed E-state index contributed by atoms with van der Waals surface area (Å²) < 4.78 is 0. The van der Waals surface area contributed by atoms with Gasteiger partial charge in [-0.3, -0.25) is 0 Å². The van der Waals surface area contributed by atoms with E-state index in [-0.39, 0.29) is 0 Å². The molecule has 3 nitrogen and oxygen atoms in total. The molecule has 1 aromatic heterocycles. The highest BCUT2D eigenvalue weighted by Crippen LogP contribution is 2.29. The van der Waals surface area contributed by atoms with Crippen molar-refractivity contribution in [3.05, 3.63) is 17.8 Å². The van der Waals surface area contributed by atoms with E-state index in [0.29, 0.717) is 0 Å². The Morgan fingerprint density at radius 2 is 2.20 bits per heavy atom. The normalized spacial score (nSPS) is 15.3. The molecule has 1 aromatic rings. The smallest absolute Gasteiger partial charge is 0.116 e. The molecule has 0 amide bonds. The topological polar surface area (TPSA) is 39.9 Å². The molecule has 0 radical (unpaired) electrons. The molecule has 0 aliphatic carbocycles. The average molecular weight is 219 g/mol. The maximum absolute atomic E-state index is 9.16. The molecule has 1 aliphatic rings. The maximum Gasteiger partial charge on any atom is 0.116 e. The first-order valence-electron chi connectivity index (χ1n) is 5.05. The van der Waals surface area contributed by atoms with Crippen LogP contribution >= 0.6 is 11.8 Å². The van der Waals surface area contributed by atoms with Crippen LogP contribution in [0.1, 0.15) is 18.4 Å². The Bertz CT molecular complexity index is 391. The SMILES string of the molecule is CSc1nccc(N2CCCC2)c1C#N. The Morgan fingerprint density at radius 3 is 2.80 bits per heavy atom. The summed E-state index contributed by atoms with van der Waals surface area (Å²) in [5.74, 6) is 0. The molecule has 4 heteroatoms. The predicted molar refractivity (Wildman–Crippen MR) is 62.2 cm³/mol. The van der Waals surface area contributed by atoms with Gasteiger partial charge in [0, 0.05) is 19.3 Å². The number of hydrogen-bond donors (Lipinski definition) is 0. The van der Waals surface area contributed by atoms with E-state index in [1.807, 2.05) is 12.3 Å². The second-order valence-electron chi connectivity index (χ2n) is 3.52. The van der Waals surface area contributed by atoms with Gasteiger partial charge in [-0.25, -0.2) is 4.98 Å². The summed E-state index contributed by atoms with van der Waals surface area (Å²) in [7, 11) is 0. The summed E-state index contributed by atoms with van der Waals surface area (Å²) in [6.45, 7) is 2.12. The predicted octanol–water partition coefficient (Wildman–Crippen LogP) is 2.28. The third-order valence-corrected chi connectivity index (χ3v) is 3.34. The van der Waals surface area contributed by atoms with Crippen molar-refractivity contribution < 1.29 is 0 Å². The Labute approximate surface area is 94.1 Å². The molecular formula is C11H13N3S. The van der Waals surface area contributed by atoms with Gasteiger partial charge >= 0.3 is 0 Å². The van der Waals surface area contributed by atoms with Crippen LogP contribution in [0.15, 0.2) is 17.3 Å². The minimum atomic E-state index is 0.729. The molecule has 2 heterocycles. The van der Waals surface area contributed by atoms with E-state index in [9.17, 15) is 0 Å². The average Bonchev–Trinajstić information content (AvgIpc) is 2.81. The molecule has 0 spiro atoms. The van der Waals surface area contributed by atoms with Crippen molar-refractivity contribution in [2.24, 2.45) is 0 Å². The van der Waals surface area contributed by atoms with Crippen LogP contribution in [0.2, 0.25) is 0 Å². The first-order valence-corrected chi connectivity index (χ1v) is 6.27. The van der Waals surface area contributed by atoms with Crippen LogP contribution in [-0.4, -0.2) is 24.3 Å².